The van der Waals surface area contributed by atoms with Crippen molar-refractivity contribution < 1.29 is 29.0 Å². The molecule has 0 bridgehead atoms. The lowest BCUT2D eigenvalue weighted by atomic mass is 9.99. The van der Waals surface area contributed by atoms with Gasteiger partial charge in [-0.05, 0) is 55.4 Å². The number of benzene rings is 1. The predicted octanol–water partition coefficient (Wildman–Crippen LogP) is 1.22. The molecule has 4 rings (SSSR count). The van der Waals surface area contributed by atoms with E-state index in [2.05, 4.69) is 5.32 Å². The summed E-state index contributed by atoms with van der Waals surface area (Å²) in [7, 11) is 0. The van der Waals surface area contributed by atoms with Crippen LogP contribution in [0.3, 0.4) is 0 Å². The smallest absolute Gasteiger partial charge is 0.255 e. The summed E-state index contributed by atoms with van der Waals surface area (Å²) in [6.07, 6.45) is 2.23. The highest BCUT2D eigenvalue weighted by Gasteiger charge is 2.39. The third-order valence-electron chi connectivity index (χ3n) is 6.73. The van der Waals surface area contributed by atoms with E-state index in [4.69, 9.17) is 4.74 Å². The molecular formula is C24H31N3O6. The van der Waals surface area contributed by atoms with E-state index in [1.54, 1.807) is 23.1 Å². The Kier molecular flexibility index (Phi) is 6.69. The fourth-order valence-electron chi connectivity index (χ4n) is 4.75. The zero-order valence-electron chi connectivity index (χ0n) is 19.1. The average Bonchev–Trinajstić information content (AvgIpc) is 3.12. The third-order valence-corrected chi connectivity index (χ3v) is 6.73. The van der Waals surface area contributed by atoms with Gasteiger partial charge in [-0.15, -0.1) is 0 Å². The number of likely N-dealkylation sites (tertiary alicyclic amines) is 1. The second-order valence-corrected chi connectivity index (χ2v) is 9.40. The van der Waals surface area contributed by atoms with E-state index in [1.807, 2.05) is 13.8 Å². The zero-order chi connectivity index (χ0) is 23.7. The summed E-state index contributed by atoms with van der Waals surface area (Å²) in [5, 5.41) is 12.5. The molecule has 4 amide bonds. The molecule has 3 heterocycles. The van der Waals surface area contributed by atoms with Crippen molar-refractivity contribution in [1.82, 2.24) is 15.1 Å². The minimum atomic E-state index is -1.02. The Balaban J connectivity index is 1.41. The number of nitrogens with zero attached hydrogens (tertiary/aromatic N) is 2. The van der Waals surface area contributed by atoms with E-state index in [0.717, 1.165) is 24.8 Å². The fraction of sp³-hybridized carbons (Fsp3) is 0.583. The highest BCUT2D eigenvalue weighted by Crippen LogP contribution is 2.30. The summed E-state index contributed by atoms with van der Waals surface area (Å²) in [5.41, 5.74) is 1.30. The Morgan fingerprint density at radius 2 is 2.00 bits per heavy atom. The SMILES string of the molecule is CC(C)[C@@H](O)C(=O)N1CCCC[C@H]1COc1ccc2c(c1)CN(C1CCC(=O)NC1=O)C2=O. The van der Waals surface area contributed by atoms with E-state index in [-0.39, 0.29) is 42.6 Å². The van der Waals surface area contributed by atoms with Gasteiger partial charge in [-0.25, -0.2) is 0 Å². The molecule has 2 fully saturated rings. The molecule has 1 aromatic rings. The number of carbonyl (C=O) groups is 4. The van der Waals surface area contributed by atoms with Crippen LogP contribution in [-0.4, -0.2) is 69.9 Å². The van der Waals surface area contributed by atoms with Crippen molar-refractivity contribution in [2.75, 3.05) is 13.2 Å². The van der Waals surface area contributed by atoms with E-state index in [0.29, 0.717) is 30.9 Å². The maximum atomic E-state index is 12.8. The van der Waals surface area contributed by atoms with Crippen LogP contribution in [0.5, 0.6) is 5.75 Å². The van der Waals surface area contributed by atoms with Gasteiger partial charge in [-0.2, -0.15) is 0 Å². The Morgan fingerprint density at radius 1 is 1.21 bits per heavy atom. The summed E-state index contributed by atoms with van der Waals surface area (Å²) in [4.78, 5) is 52.4. The van der Waals surface area contributed by atoms with Crippen LogP contribution in [0.15, 0.2) is 18.2 Å². The first-order valence-corrected chi connectivity index (χ1v) is 11.6. The topological polar surface area (TPSA) is 116 Å². The Bertz CT molecular complexity index is 962. The van der Waals surface area contributed by atoms with Gasteiger partial charge in [0, 0.05) is 25.1 Å². The number of piperidine rings is 2. The second kappa shape index (κ2) is 9.51. The van der Waals surface area contributed by atoms with Gasteiger partial charge in [0.05, 0.1) is 6.04 Å². The van der Waals surface area contributed by atoms with Crippen molar-refractivity contribution in [3.05, 3.63) is 29.3 Å². The largest absolute Gasteiger partial charge is 0.491 e. The lowest BCUT2D eigenvalue weighted by molar-refractivity contribution is -0.147. The molecular weight excluding hydrogens is 426 g/mol. The highest BCUT2D eigenvalue weighted by atomic mass is 16.5. The molecule has 3 aliphatic heterocycles. The van der Waals surface area contributed by atoms with E-state index in [1.165, 1.54) is 4.90 Å². The number of amides is 4. The van der Waals surface area contributed by atoms with Gasteiger partial charge >= 0.3 is 0 Å². The molecule has 0 aromatic heterocycles. The van der Waals surface area contributed by atoms with Crippen molar-refractivity contribution >= 4 is 23.6 Å². The molecule has 1 aromatic carbocycles. The number of rotatable bonds is 6. The molecule has 1 unspecified atom stereocenters. The van der Waals surface area contributed by atoms with Crippen LogP contribution in [-0.2, 0) is 20.9 Å². The summed E-state index contributed by atoms with van der Waals surface area (Å²) in [6, 6.07) is 4.46. The third kappa shape index (κ3) is 4.73. The molecule has 3 atom stereocenters. The van der Waals surface area contributed by atoms with E-state index in [9.17, 15) is 24.3 Å². The van der Waals surface area contributed by atoms with Crippen molar-refractivity contribution in [3.8, 4) is 5.75 Å². The molecule has 0 spiro atoms. The van der Waals surface area contributed by atoms with E-state index >= 15 is 0 Å². The predicted molar refractivity (Wildman–Crippen MR) is 118 cm³/mol. The highest BCUT2D eigenvalue weighted by molar-refractivity contribution is 6.05. The van der Waals surface area contributed by atoms with Gasteiger partial charge in [-0.1, -0.05) is 13.8 Å². The zero-order valence-corrected chi connectivity index (χ0v) is 19.1. The molecule has 2 N–H and O–H groups in total. The maximum absolute atomic E-state index is 12.8. The Hall–Kier alpha value is -2.94. The molecule has 9 heteroatoms. The first-order chi connectivity index (χ1) is 15.8. The number of aliphatic hydroxyl groups is 1. The van der Waals surface area contributed by atoms with Crippen LogP contribution in [0.4, 0.5) is 0 Å². The van der Waals surface area contributed by atoms with Gasteiger partial charge in [0.2, 0.25) is 11.8 Å². The van der Waals surface area contributed by atoms with Crippen molar-refractivity contribution in [3.63, 3.8) is 0 Å². The molecule has 0 saturated carbocycles. The van der Waals surface area contributed by atoms with Crippen LogP contribution in [0.25, 0.3) is 0 Å². The number of nitrogens with one attached hydrogen (secondary N) is 1. The first-order valence-electron chi connectivity index (χ1n) is 11.6. The first kappa shape index (κ1) is 23.2. The summed E-state index contributed by atoms with van der Waals surface area (Å²) >= 11 is 0. The van der Waals surface area contributed by atoms with Crippen LogP contribution in [0, 0.1) is 5.92 Å². The lowest BCUT2D eigenvalue weighted by Crippen LogP contribution is -2.52. The minimum Gasteiger partial charge on any atom is -0.491 e. The van der Waals surface area contributed by atoms with Gasteiger partial charge in [-0.3, -0.25) is 24.5 Å². The molecule has 33 heavy (non-hydrogen) atoms. The van der Waals surface area contributed by atoms with Gasteiger partial charge in [0.1, 0.15) is 24.5 Å². The maximum Gasteiger partial charge on any atom is 0.255 e. The lowest BCUT2D eigenvalue weighted by Gasteiger charge is -2.37. The van der Waals surface area contributed by atoms with Gasteiger partial charge in [0.25, 0.3) is 11.8 Å². The van der Waals surface area contributed by atoms with Gasteiger partial charge in [0.15, 0.2) is 0 Å². The Morgan fingerprint density at radius 3 is 2.73 bits per heavy atom. The number of imide groups is 1. The van der Waals surface area contributed by atoms with Crippen LogP contribution in [0.2, 0.25) is 0 Å². The minimum absolute atomic E-state index is 0.116. The number of ether oxygens (including phenoxy) is 1. The standard InChI is InChI=1S/C24H31N3O6/c1-14(2)21(29)24(32)26-10-4-3-5-16(26)13-33-17-6-7-18-15(11-17)12-27(23(18)31)19-8-9-20(28)25-22(19)30/h6-7,11,14,16,19,21,29H,3-5,8-10,12-13H2,1-2H3,(H,25,28,30)/t16-,19?,21+/m0/s1. The second-order valence-electron chi connectivity index (χ2n) is 9.40. The summed E-state index contributed by atoms with van der Waals surface area (Å²) in [5.74, 6) is -0.783. The molecule has 0 aliphatic carbocycles. The van der Waals surface area contributed by atoms with E-state index < -0.39 is 18.1 Å². The quantitative estimate of drug-likeness (QED) is 0.621. The van der Waals surface area contributed by atoms with Crippen LogP contribution >= 0.6 is 0 Å². The van der Waals surface area contributed by atoms with Crippen LogP contribution < -0.4 is 10.1 Å². The van der Waals surface area contributed by atoms with Gasteiger partial charge < -0.3 is 19.6 Å². The normalized spacial score (nSPS) is 24.1. The van der Waals surface area contributed by atoms with Crippen molar-refractivity contribution in [2.45, 2.75) is 70.7 Å². The average molecular weight is 458 g/mol. The number of fused-ring (bicyclic) bond motifs is 1. The fourth-order valence-corrected chi connectivity index (χ4v) is 4.75. The monoisotopic (exact) mass is 457 g/mol. The summed E-state index contributed by atoms with van der Waals surface area (Å²) < 4.78 is 6.01. The number of hydrogen-bond donors (Lipinski definition) is 2. The Labute approximate surface area is 193 Å². The van der Waals surface area contributed by atoms with Crippen molar-refractivity contribution in [1.29, 1.82) is 0 Å². The molecule has 2 saturated heterocycles. The number of carbonyl (C=O) groups excluding carboxylic acids is 4. The number of aliphatic hydroxyl groups excluding tert-OH is 1. The molecule has 0 radical (unpaired) electrons. The van der Waals surface area contributed by atoms with Crippen molar-refractivity contribution in [2.24, 2.45) is 5.92 Å². The summed E-state index contributed by atoms with van der Waals surface area (Å²) in [6.45, 7) is 4.84. The number of hydrogen-bond acceptors (Lipinski definition) is 6. The molecule has 178 valence electrons. The molecule has 3 aliphatic rings. The molecule has 9 nitrogen and oxygen atoms in total. The van der Waals surface area contributed by atoms with Crippen LogP contribution in [0.1, 0.15) is 61.9 Å².